The molecule has 1 aliphatic rings. The smallest absolute Gasteiger partial charge is 0.277 e. The van der Waals surface area contributed by atoms with E-state index in [2.05, 4.69) is 5.32 Å². The first-order chi connectivity index (χ1) is 12.1. The summed E-state index contributed by atoms with van der Waals surface area (Å²) in [6.07, 6.45) is 1.20. The number of nitrogens with one attached hydrogen (secondary N) is 1. The summed E-state index contributed by atoms with van der Waals surface area (Å²) in [6.45, 7) is -0.321. The molecule has 126 valence electrons. The molecule has 1 heterocycles. The maximum absolute atomic E-state index is 12.4. The van der Waals surface area contributed by atoms with Crippen LogP contribution in [0.5, 0.6) is 0 Å². The van der Waals surface area contributed by atoms with Crippen LogP contribution in [-0.2, 0) is 9.59 Å². The lowest BCUT2D eigenvalue weighted by molar-refractivity contribution is -0.137. The summed E-state index contributed by atoms with van der Waals surface area (Å²) in [7, 11) is 0. The molecule has 0 spiro atoms. The molecule has 1 aliphatic heterocycles. The summed E-state index contributed by atoms with van der Waals surface area (Å²) < 4.78 is 0. The Morgan fingerprint density at radius 1 is 0.960 bits per heavy atom. The van der Waals surface area contributed by atoms with Gasteiger partial charge in [0.2, 0.25) is 0 Å². The molecule has 0 saturated heterocycles. The van der Waals surface area contributed by atoms with Crippen LogP contribution < -0.4 is 5.32 Å². The Labute approximate surface area is 144 Å². The van der Waals surface area contributed by atoms with E-state index in [9.17, 15) is 14.4 Å². The second-order valence-electron chi connectivity index (χ2n) is 5.47. The van der Waals surface area contributed by atoms with Crippen LogP contribution in [0.4, 0.5) is 5.69 Å². The third-order valence-electron chi connectivity index (χ3n) is 3.80. The molecule has 0 aromatic heterocycles. The lowest BCUT2D eigenvalue weighted by Crippen LogP contribution is -2.34. The predicted octanol–water partition coefficient (Wildman–Crippen LogP) is 1.57. The van der Waals surface area contributed by atoms with Crippen LogP contribution in [0, 0.1) is 0 Å². The Kier molecular flexibility index (Phi) is 4.72. The first-order valence-electron chi connectivity index (χ1n) is 7.75. The highest BCUT2D eigenvalue weighted by molar-refractivity contribution is 6.17. The van der Waals surface area contributed by atoms with E-state index in [-0.39, 0.29) is 24.6 Å². The van der Waals surface area contributed by atoms with Crippen molar-refractivity contribution in [1.82, 2.24) is 4.90 Å². The van der Waals surface area contributed by atoms with Gasteiger partial charge in [0.1, 0.15) is 5.70 Å². The fraction of sp³-hybridized carbons (Fsp3) is 0.105. The monoisotopic (exact) mass is 336 g/mol. The Hall–Kier alpha value is -3.25. The van der Waals surface area contributed by atoms with Crippen molar-refractivity contribution in [3.05, 3.63) is 77.5 Å². The molecule has 0 radical (unpaired) electrons. The molecule has 2 N–H and O–H groups in total. The number of benzene rings is 2. The standard InChI is InChI=1S/C19H16N2O4/c22-11-10-21-17(23)12-16(19(21)25)20-15-8-6-14(7-9-15)18(24)13-4-2-1-3-5-13/h1-9,12,20,22H,10-11H2. The average Bonchev–Trinajstić information content (AvgIpc) is 2.90. The summed E-state index contributed by atoms with van der Waals surface area (Å²) in [5.74, 6) is -1.03. The van der Waals surface area contributed by atoms with E-state index >= 15 is 0 Å². The molecule has 6 nitrogen and oxygen atoms in total. The zero-order chi connectivity index (χ0) is 17.8. The maximum atomic E-state index is 12.4. The normalized spacial score (nSPS) is 13.8. The predicted molar refractivity (Wildman–Crippen MR) is 91.8 cm³/mol. The highest BCUT2D eigenvalue weighted by Gasteiger charge is 2.30. The van der Waals surface area contributed by atoms with Crippen molar-refractivity contribution in [3.63, 3.8) is 0 Å². The van der Waals surface area contributed by atoms with Gasteiger partial charge in [-0.05, 0) is 24.3 Å². The Bertz CT molecular complexity index is 841. The van der Waals surface area contributed by atoms with Crippen molar-refractivity contribution in [1.29, 1.82) is 0 Å². The first-order valence-corrected chi connectivity index (χ1v) is 7.75. The van der Waals surface area contributed by atoms with E-state index in [1.165, 1.54) is 6.08 Å². The van der Waals surface area contributed by atoms with Crippen molar-refractivity contribution >= 4 is 23.3 Å². The van der Waals surface area contributed by atoms with Gasteiger partial charge in [-0.1, -0.05) is 30.3 Å². The number of carbonyl (C=O) groups excluding carboxylic acids is 3. The Balaban J connectivity index is 1.72. The van der Waals surface area contributed by atoms with Crippen LogP contribution in [0.1, 0.15) is 15.9 Å². The minimum absolute atomic E-state index is 0.0378. The summed E-state index contributed by atoms with van der Waals surface area (Å²) in [4.78, 5) is 37.1. The number of ketones is 1. The van der Waals surface area contributed by atoms with Crippen molar-refractivity contribution < 1.29 is 19.5 Å². The van der Waals surface area contributed by atoms with Crippen molar-refractivity contribution in [2.24, 2.45) is 0 Å². The lowest BCUT2D eigenvalue weighted by Gasteiger charge is -2.13. The SMILES string of the molecule is O=C(c1ccccc1)c1ccc(NC2=CC(=O)N(CCO)C2=O)cc1. The zero-order valence-corrected chi connectivity index (χ0v) is 13.3. The number of aliphatic hydroxyl groups excluding tert-OH is 1. The highest BCUT2D eigenvalue weighted by atomic mass is 16.3. The van der Waals surface area contributed by atoms with Gasteiger partial charge in [0.15, 0.2) is 5.78 Å². The van der Waals surface area contributed by atoms with Crippen LogP contribution in [0.3, 0.4) is 0 Å². The van der Waals surface area contributed by atoms with E-state index < -0.39 is 11.8 Å². The number of hydrogen-bond acceptors (Lipinski definition) is 5. The summed E-state index contributed by atoms with van der Waals surface area (Å²) in [5.41, 5.74) is 1.85. The van der Waals surface area contributed by atoms with Crippen molar-refractivity contribution in [2.45, 2.75) is 0 Å². The number of β-amino-alcohol motifs (C(OH)–C–C–N with tert-alkyl or cyclic N) is 1. The molecule has 3 rings (SSSR count). The van der Waals surface area contributed by atoms with Gasteiger partial charge in [0.05, 0.1) is 13.2 Å². The molecule has 0 unspecified atom stereocenters. The molecule has 6 heteroatoms. The number of amides is 2. The van der Waals surface area contributed by atoms with Crippen LogP contribution in [0.25, 0.3) is 0 Å². The lowest BCUT2D eigenvalue weighted by atomic mass is 10.0. The van der Waals surface area contributed by atoms with E-state index in [0.29, 0.717) is 16.8 Å². The van der Waals surface area contributed by atoms with E-state index in [1.807, 2.05) is 6.07 Å². The van der Waals surface area contributed by atoms with E-state index in [1.54, 1.807) is 48.5 Å². The molecule has 0 fully saturated rings. The van der Waals surface area contributed by atoms with Gasteiger partial charge in [-0.15, -0.1) is 0 Å². The molecule has 25 heavy (non-hydrogen) atoms. The number of imide groups is 1. The number of anilines is 1. The number of aliphatic hydroxyl groups is 1. The number of hydrogen-bond donors (Lipinski definition) is 2. The Morgan fingerprint density at radius 2 is 1.60 bits per heavy atom. The van der Waals surface area contributed by atoms with Crippen LogP contribution in [0.15, 0.2) is 66.4 Å². The number of rotatable bonds is 6. The largest absolute Gasteiger partial charge is 0.395 e. The van der Waals surface area contributed by atoms with Gasteiger partial charge in [0.25, 0.3) is 11.8 Å². The fourth-order valence-corrected chi connectivity index (χ4v) is 2.53. The summed E-state index contributed by atoms with van der Waals surface area (Å²) in [6, 6.07) is 15.6. The van der Waals surface area contributed by atoms with Gasteiger partial charge < -0.3 is 10.4 Å². The van der Waals surface area contributed by atoms with E-state index in [4.69, 9.17) is 5.11 Å². The Morgan fingerprint density at radius 3 is 2.24 bits per heavy atom. The minimum Gasteiger partial charge on any atom is -0.395 e. The third kappa shape index (κ3) is 3.49. The van der Waals surface area contributed by atoms with Crippen LogP contribution in [0.2, 0.25) is 0 Å². The quantitative estimate of drug-likeness (QED) is 0.618. The van der Waals surface area contributed by atoms with Crippen molar-refractivity contribution in [2.75, 3.05) is 18.5 Å². The van der Waals surface area contributed by atoms with E-state index in [0.717, 1.165) is 4.90 Å². The highest BCUT2D eigenvalue weighted by Crippen LogP contribution is 2.18. The van der Waals surface area contributed by atoms with Crippen LogP contribution >= 0.6 is 0 Å². The molecular weight excluding hydrogens is 320 g/mol. The molecule has 2 amide bonds. The molecule has 2 aromatic carbocycles. The van der Waals surface area contributed by atoms with Crippen LogP contribution in [-0.4, -0.2) is 40.8 Å². The molecule has 2 aromatic rings. The number of nitrogens with zero attached hydrogens (tertiary/aromatic N) is 1. The first kappa shape index (κ1) is 16.6. The zero-order valence-electron chi connectivity index (χ0n) is 13.3. The molecule has 0 aliphatic carbocycles. The number of carbonyl (C=O) groups is 3. The average molecular weight is 336 g/mol. The molecule has 0 atom stereocenters. The summed E-state index contributed by atoms with van der Waals surface area (Å²) >= 11 is 0. The van der Waals surface area contributed by atoms with Gasteiger partial charge in [-0.25, -0.2) is 0 Å². The third-order valence-corrected chi connectivity index (χ3v) is 3.80. The second-order valence-corrected chi connectivity index (χ2v) is 5.47. The second kappa shape index (κ2) is 7.11. The van der Waals surface area contributed by atoms with Gasteiger partial charge >= 0.3 is 0 Å². The van der Waals surface area contributed by atoms with Gasteiger partial charge in [-0.3, -0.25) is 19.3 Å². The summed E-state index contributed by atoms with van der Waals surface area (Å²) in [5, 5.41) is 11.8. The van der Waals surface area contributed by atoms with Crippen molar-refractivity contribution in [3.8, 4) is 0 Å². The minimum atomic E-state index is -0.483. The van der Waals surface area contributed by atoms with Gasteiger partial charge in [0, 0.05) is 22.9 Å². The molecule has 0 saturated carbocycles. The molecule has 0 bridgehead atoms. The van der Waals surface area contributed by atoms with Gasteiger partial charge in [-0.2, -0.15) is 0 Å². The topological polar surface area (TPSA) is 86.7 Å². The fourth-order valence-electron chi connectivity index (χ4n) is 2.53. The molecular formula is C19H16N2O4. The maximum Gasteiger partial charge on any atom is 0.277 e.